The largest absolute Gasteiger partial charge is 0.271 e. The number of halogens is 1. The standard InChI is InChI=1S/C18H14ClN3OS/c1-12-2-4-13(5-3-12)17(23)22-20-10-16-11-24-18(21-16)14-6-8-15(19)9-7-14/h2-11H,1H3,(H,22,23)/b20-10-. The second-order valence-electron chi connectivity index (χ2n) is 5.15. The van der Waals surface area contributed by atoms with E-state index in [1.807, 2.05) is 48.7 Å². The van der Waals surface area contributed by atoms with Crippen LogP contribution in [-0.4, -0.2) is 17.1 Å². The van der Waals surface area contributed by atoms with Gasteiger partial charge in [0.05, 0.1) is 11.9 Å². The predicted molar refractivity (Wildman–Crippen MR) is 98.8 cm³/mol. The Kier molecular flexibility index (Phi) is 5.03. The smallest absolute Gasteiger partial charge is 0.267 e. The molecule has 24 heavy (non-hydrogen) atoms. The van der Waals surface area contributed by atoms with Gasteiger partial charge >= 0.3 is 0 Å². The normalized spacial score (nSPS) is 10.9. The van der Waals surface area contributed by atoms with Crippen LogP contribution in [0.3, 0.4) is 0 Å². The molecule has 1 amide bonds. The monoisotopic (exact) mass is 355 g/mol. The summed E-state index contributed by atoms with van der Waals surface area (Å²) < 4.78 is 0. The third-order valence-electron chi connectivity index (χ3n) is 3.29. The van der Waals surface area contributed by atoms with Crippen LogP contribution in [0.15, 0.2) is 59.0 Å². The fourth-order valence-electron chi connectivity index (χ4n) is 2.00. The van der Waals surface area contributed by atoms with E-state index in [-0.39, 0.29) is 5.91 Å². The number of aryl methyl sites for hydroxylation is 1. The molecule has 0 saturated carbocycles. The van der Waals surface area contributed by atoms with Crippen LogP contribution in [0.4, 0.5) is 0 Å². The molecule has 0 unspecified atom stereocenters. The molecule has 2 aromatic carbocycles. The summed E-state index contributed by atoms with van der Waals surface area (Å²) in [4.78, 5) is 16.4. The Hall–Kier alpha value is -2.50. The quantitative estimate of drug-likeness (QED) is 0.552. The molecule has 0 bridgehead atoms. The number of rotatable bonds is 4. The van der Waals surface area contributed by atoms with Gasteiger partial charge in [0.1, 0.15) is 5.01 Å². The highest BCUT2D eigenvalue weighted by Gasteiger charge is 2.05. The Morgan fingerprint density at radius 3 is 2.58 bits per heavy atom. The van der Waals surface area contributed by atoms with Crippen LogP contribution in [0.2, 0.25) is 5.02 Å². The number of hydrogen-bond acceptors (Lipinski definition) is 4. The summed E-state index contributed by atoms with van der Waals surface area (Å²) in [5.74, 6) is -0.251. The summed E-state index contributed by atoms with van der Waals surface area (Å²) in [5.41, 5.74) is 5.85. The molecule has 0 aliphatic rings. The van der Waals surface area contributed by atoms with E-state index in [1.165, 1.54) is 17.6 Å². The van der Waals surface area contributed by atoms with Crippen LogP contribution in [0.1, 0.15) is 21.6 Å². The first-order chi connectivity index (χ1) is 11.6. The molecule has 3 aromatic rings. The lowest BCUT2D eigenvalue weighted by atomic mass is 10.1. The molecule has 1 N–H and O–H groups in total. The number of nitrogens with one attached hydrogen (secondary N) is 1. The number of benzene rings is 2. The average Bonchev–Trinajstić information content (AvgIpc) is 3.05. The number of amides is 1. The Morgan fingerprint density at radius 1 is 1.17 bits per heavy atom. The molecule has 0 aliphatic carbocycles. The minimum atomic E-state index is -0.251. The van der Waals surface area contributed by atoms with Crippen LogP contribution in [0.5, 0.6) is 0 Å². The van der Waals surface area contributed by atoms with Gasteiger partial charge in [0.25, 0.3) is 5.91 Å². The maximum atomic E-state index is 11.9. The Morgan fingerprint density at radius 2 is 1.88 bits per heavy atom. The van der Waals surface area contributed by atoms with Crippen molar-refractivity contribution in [3.05, 3.63) is 75.8 Å². The minimum Gasteiger partial charge on any atom is -0.267 e. The van der Waals surface area contributed by atoms with Gasteiger partial charge in [0, 0.05) is 21.5 Å². The van der Waals surface area contributed by atoms with Crippen molar-refractivity contribution < 1.29 is 4.79 Å². The number of carbonyl (C=O) groups excluding carboxylic acids is 1. The summed E-state index contributed by atoms with van der Waals surface area (Å²) in [6, 6.07) is 14.8. The van der Waals surface area contributed by atoms with Crippen LogP contribution >= 0.6 is 22.9 Å². The second-order valence-corrected chi connectivity index (χ2v) is 6.44. The van der Waals surface area contributed by atoms with Gasteiger partial charge < -0.3 is 0 Å². The first kappa shape index (κ1) is 16.4. The van der Waals surface area contributed by atoms with Crippen molar-refractivity contribution in [3.63, 3.8) is 0 Å². The highest BCUT2D eigenvalue weighted by atomic mass is 35.5. The van der Waals surface area contributed by atoms with Gasteiger partial charge in [-0.2, -0.15) is 5.10 Å². The van der Waals surface area contributed by atoms with Crippen molar-refractivity contribution in [1.29, 1.82) is 0 Å². The van der Waals surface area contributed by atoms with E-state index in [1.54, 1.807) is 12.1 Å². The van der Waals surface area contributed by atoms with E-state index in [0.717, 1.165) is 16.1 Å². The number of aromatic nitrogens is 1. The first-order valence-electron chi connectivity index (χ1n) is 7.23. The molecule has 3 rings (SSSR count). The minimum absolute atomic E-state index is 0.251. The van der Waals surface area contributed by atoms with E-state index in [4.69, 9.17) is 11.6 Å². The molecule has 0 atom stereocenters. The molecule has 1 aromatic heterocycles. The number of nitrogens with zero attached hydrogens (tertiary/aromatic N) is 2. The second kappa shape index (κ2) is 7.38. The molecular weight excluding hydrogens is 342 g/mol. The highest BCUT2D eigenvalue weighted by molar-refractivity contribution is 7.13. The summed E-state index contributed by atoms with van der Waals surface area (Å²) in [6.45, 7) is 1.97. The molecule has 1 heterocycles. The number of hydrazone groups is 1. The van der Waals surface area contributed by atoms with Crippen molar-refractivity contribution in [2.24, 2.45) is 5.10 Å². The molecule has 0 fully saturated rings. The predicted octanol–water partition coefficient (Wildman–Crippen LogP) is 4.54. The topological polar surface area (TPSA) is 54.4 Å². The summed E-state index contributed by atoms with van der Waals surface area (Å²) in [6.07, 6.45) is 1.53. The molecular formula is C18H14ClN3OS. The highest BCUT2D eigenvalue weighted by Crippen LogP contribution is 2.24. The van der Waals surface area contributed by atoms with Crippen LogP contribution in [-0.2, 0) is 0 Å². The van der Waals surface area contributed by atoms with Crippen LogP contribution in [0, 0.1) is 6.92 Å². The number of hydrogen-bond donors (Lipinski definition) is 1. The Balaban J connectivity index is 1.64. The zero-order valence-corrected chi connectivity index (χ0v) is 14.4. The molecule has 0 aliphatic heterocycles. The third-order valence-corrected chi connectivity index (χ3v) is 4.45. The first-order valence-corrected chi connectivity index (χ1v) is 8.49. The van der Waals surface area contributed by atoms with Gasteiger partial charge in [-0.25, -0.2) is 10.4 Å². The molecule has 0 saturated heterocycles. The van der Waals surface area contributed by atoms with E-state index < -0.39 is 0 Å². The Bertz CT molecular complexity index is 870. The van der Waals surface area contributed by atoms with Gasteiger partial charge in [-0.3, -0.25) is 4.79 Å². The van der Waals surface area contributed by atoms with Gasteiger partial charge in [0.2, 0.25) is 0 Å². The maximum absolute atomic E-state index is 11.9. The zero-order valence-electron chi connectivity index (χ0n) is 12.9. The van der Waals surface area contributed by atoms with Gasteiger partial charge in [0.15, 0.2) is 0 Å². The zero-order chi connectivity index (χ0) is 16.9. The van der Waals surface area contributed by atoms with Gasteiger partial charge in [-0.1, -0.05) is 41.4 Å². The van der Waals surface area contributed by atoms with E-state index in [0.29, 0.717) is 16.3 Å². The number of thiazole rings is 1. The molecule has 0 spiro atoms. The van der Waals surface area contributed by atoms with Gasteiger partial charge in [-0.05, 0) is 31.2 Å². The van der Waals surface area contributed by atoms with Crippen molar-refractivity contribution in [2.75, 3.05) is 0 Å². The van der Waals surface area contributed by atoms with Crippen LogP contribution in [0.25, 0.3) is 10.6 Å². The van der Waals surface area contributed by atoms with Crippen molar-refractivity contribution >= 4 is 35.1 Å². The average molecular weight is 356 g/mol. The van der Waals surface area contributed by atoms with E-state index in [9.17, 15) is 4.79 Å². The molecule has 6 heteroatoms. The maximum Gasteiger partial charge on any atom is 0.271 e. The SMILES string of the molecule is Cc1ccc(C(=O)N/N=C\c2csc(-c3ccc(Cl)cc3)n2)cc1. The lowest BCUT2D eigenvalue weighted by Crippen LogP contribution is -2.17. The summed E-state index contributed by atoms with van der Waals surface area (Å²) >= 11 is 7.39. The van der Waals surface area contributed by atoms with E-state index in [2.05, 4.69) is 15.5 Å². The summed E-state index contributed by atoms with van der Waals surface area (Å²) in [5, 5.41) is 7.40. The Labute approximate surface area is 148 Å². The fourth-order valence-corrected chi connectivity index (χ4v) is 2.90. The molecule has 4 nitrogen and oxygen atoms in total. The van der Waals surface area contributed by atoms with Gasteiger partial charge in [-0.15, -0.1) is 11.3 Å². The van der Waals surface area contributed by atoms with Crippen molar-refractivity contribution in [3.8, 4) is 10.6 Å². The lowest BCUT2D eigenvalue weighted by molar-refractivity contribution is 0.0955. The molecule has 0 radical (unpaired) electrons. The molecule has 120 valence electrons. The van der Waals surface area contributed by atoms with E-state index >= 15 is 0 Å². The number of carbonyl (C=O) groups is 1. The third kappa shape index (κ3) is 4.07. The fraction of sp³-hybridized carbons (Fsp3) is 0.0556. The lowest BCUT2D eigenvalue weighted by Gasteiger charge is -1.99. The van der Waals surface area contributed by atoms with Crippen molar-refractivity contribution in [2.45, 2.75) is 6.92 Å². The van der Waals surface area contributed by atoms with Crippen LogP contribution < -0.4 is 5.43 Å². The van der Waals surface area contributed by atoms with Crippen molar-refractivity contribution in [1.82, 2.24) is 10.4 Å². The summed E-state index contributed by atoms with van der Waals surface area (Å²) in [7, 11) is 0.